The fraction of sp³-hybridized carbons (Fsp3) is 0.400. The number of nitrogens with zero attached hydrogens (tertiary/aromatic N) is 3. The Morgan fingerprint density at radius 2 is 2.00 bits per heavy atom. The topological polar surface area (TPSA) is 47.2 Å². The average molecular weight is 257 g/mol. The van der Waals surface area contributed by atoms with Crippen molar-refractivity contribution in [3.63, 3.8) is 0 Å². The summed E-state index contributed by atoms with van der Waals surface area (Å²) in [6.07, 6.45) is 3.90. The summed E-state index contributed by atoms with van der Waals surface area (Å²) in [7, 11) is 0. The highest BCUT2D eigenvalue weighted by atomic mass is 16.1. The number of benzene rings is 1. The van der Waals surface area contributed by atoms with E-state index in [1.807, 2.05) is 24.4 Å². The molecule has 1 aromatic heterocycles. The lowest BCUT2D eigenvalue weighted by Crippen LogP contribution is -2.21. The molecular weight excluding hydrogens is 238 g/mol. The normalized spacial score (nSPS) is 11.8. The first-order valence-corrected chi connectivity index (χ1v) is 6.70. The van der Waals surface area contributed by atoms with Gasteiger partial charge in [-0.15, -0.1) is 0 Å². The smallest absolute Gasteiger partial charge is 0.267 e. The minimum atomic E-state index is -0.106. The number of fused-ring (bicyclic) bond motifs is 1. The first-order valence-electron chi connectivity index (χ1n) is 6.70. The number of aromatic nitrogens is 2. The lowest BCUT2D eigenvalue weighted by Gasteiger charge is -2.07. The van der Waals surface area contributed by atoms with Gasteiger partial charge in [0.1, 0.15) is 5.82 Å². The highest BCUT2D eigenvalue weighted by Crippen LogP contribution is 2.08. The molecule has 0 aliphatic carbocycles. The van der Waals surface area contributed by atoms with Crippen LogP contribution >= 0.6 is 0 Å². The predicted octanol–water partition coefficient (Wildman–Crippen LogP) is 2.98. The molecule has 0 radical (unpaired) electrons. The Balaban J connectivity index is 2.52. The van der Waals surface area contributed by atoms with Crippen LogP contribution in [0.1, 0.15) is 32.5 Å². The van der Waals surface area contributed by atoms with E-state index in [0.717, 1.165) is 18.4 Å². The summed E-state index contributed by atoms with van der Waals surface area (Å²) in [5, 5.41) is 4.92. The van der Waals surface area contributed by atoms with Gasteiger partial charge in [-0.2, -0.15) is 9.78 Å². The minimum absolute atomic E-state index is 0.106. The molecule has 1 aromatic carbocycles. The first kappa shape index (κ1) is 13.5. The third-order valence-electron chi connectivity index (χ3n) is 3.36. The van der Waals surface area contributed by atoms with E-state index < -0.39 is 0 Å². The molecule has 0 fully saturated rings. The molecule has 4 nitrogen and oxygen atoms in total. The SMILES string of the molecule is CCC(C=Nn1c(C)nc2ccccc2c1=O)CC. The van der Waals surface area contributed by atoms with Crippen molar-refractivity contribution < 1.29 is 0 Å². The van der Waals surface area contributed by atoms with Gasteiger partial charge in [-0.1, -0.05) is 26.0 Å². The van der Waals surface area contributed by atoms with Crippen LogP contribution in [0.2, 0.25) is 0 Å². The Morgan fingerprint density at radius 1 is 1.32 bits per heavy atom. The van der Waals surface area contributed by atoms with Gasteiger partial charge in [0.25, 0.3) is 5.56 Å². The minimum Gasteiger partial charge on any atom is -0.267 e. The Morgan fingerprint density at radius 3 is 2.68 bits per heavy atom. The molecule has 0 N–H and O–H groups in total. The van der Waals surface area contributed by atoms with Crippen LogP contribution in [0.4, 0.5) is 0 Å². The third-order valence-corrected chi connectivity index (χ3v) is 3.36. The highest BCUT2D eigenvalue weighted by Gasteiger charge is 2.06. The van der Waals surface area contributed by atoms with Crippen molar-refractivity contribution in [2.24, 2.45) is 11.0 Å². The number of hydrogen-bond donors (Lipinski definition) is 0. The molecule has 100 valence electrons. The van der Waals surface area contributed by atoms with Gasteiger partial charge < -0.3 is 0 Å². The summed E-state index contributed by atoms with van der Waals surface area (Å²) < 4.78 is 1.39. The van der Waals surface area contributed by atoms with Crippen molar-refractivity contribution >= 4 is 17.1 Å². The predicted molar refractivity (Wildman–Crippen MR) is 78.7 cm³/mol. The molecule has 0 atom stereocenters. The Kier molecular flexibility index (Phi) is 4.10. The molecule has 0 bridgehead atoms. The average Bonchev–Trinajstić information content (AvgIpc) is 2.43. The zero-order chi connectivity index (χ0) is 13.8. The zero-order valence-corrected chi connectivity index (χ0v) is 11.6. The van der Waals surface area contributed by atoms with Crippen molar-refractivity contribution in [3.8, 4) is 0 Å². The summed E-state index contributed by atoms with van der Waals surface area (Å²) >= 11 is 0. The van der Waals surface area contributed by atoms with Crippen LogP contribution in [0.15, 0.2) is 34.2 Å². The molecule has 0 aliphatic heterocycles. The van der Waals surface area contributed by atoms with E-state index in [4.69, 9.17) is 0 Å². The maximum Gasteiger partial charge on any atom is 0.282 e. The quantitative estimate of drug-likeness (QED) is 0.790. The van der Waals surface area contributed by atoms with Gasteiger partial charge in [0.05, 0.1) is 10.9 Å². The van der Waals surface area contributed by atoms with Crippen LogP contribution in [-0.2, 0) is 0 Å². The van der Waals surface area contributed by atoms with Crippen LogP contribution in [-0.4, -0.2) is 15.9 Å². The lowest BCUT2D eigenvalue weighted by atomic mass is 10.1. The van der Waals surface area contributed by atoms with Crippen LogP contribution in [0.3, 0.4) is 0 Å². The summed E-state index contributed by atoms with van der Waals surface area (Å²) in [4.78, 5) is 16.8. The van der Waals surface area contributed by atoms with E-state index >= 15 is 0 Å². The molecule has 19 heavy (non-hydrogen) atoms. The summed E-state index contributed by atoms with van der Waals surface area (Å²) in [5.74, 6) is 1.02. The molecule has 0 spiro atoms. The monoisotopic (exact) mass is 257 g/mol. The lowest BCUT2D eigenvalue weighted by molar-refractivity contribution is 0.643. The van der Waals surface area contributed by atoms with Crippen molar-refractivity contribution in [3.05, 3.63) is 40.4 Å². The summed E-state index contributed by atoms with van der Waals surface area (Å²) in [6, 6.07) is 7.35. The maximum atomic E-state index is 12.3. The molecule has 1 heterocycles. The highest BCUT2D eigenvalue weighted by molar-refractivity contribution is 5.77. The molecule has 2 rings (SSSR count). The van der Waals surface area contributed by atoms with Crippen molar-refractivity contribution in [1.29, 1.82) is 0 Å². The fourth-order valence-electron chi connectivity index (χ4n) is 2.03. The second-order valence-electron chi connectivity index (χ2n) is 4.63. The van der Waals surface area contributed by atoms with Gasteiger partial charge in [0.15, 0.2) is 0 Å². The van der Waals surface area contributed by atoms with E-state index in [2.05, 4.69) is 23.9 Å². The molecule has 0 saturated heterocycles. The van der Waals surface area contributed by atoms with Crippen LogP contribution < -0.4 is 5.56 Å². The van der Waals surface area contributed by atoms with E-state index in [0.29, 0.717) is 17.1 Å². The first-order chi connectivity index (χ1) is 9.17. The molecule has 2 aromatic rings. The molecular formula is C15H19N3O. The number of rotatable bonds is 4. The van der Waals surface area contributed by atoms with Gasteiger partial charge in [-0.25, -0.2) is 4.98 Å². The van der Waals surface area contributed by atoms with E-state index in [1.54, 1.807) is 13.0 Å². The number of para-hydroxylation sites is 1. The van der Waals surface area contributed by atoms with Gasteiger partial charge in [-0.3, -0.25) is 4.79 Å². The molecule has 0 amide bonds. The van der Waals surface area contributed by atoms with Crippen molar-refractivity contribution in [2.45, 2.75) is 33.6 Å². The maximum absolute atomic E-state index is 12.3. The van der Waals surface area contributed by atoms with E-state index in [9.17, 15) is 4.79 Å². The summed E-state index contributed by atoms with van der Waals surface area (Å²) in [6.45, 7) is 6.04. The van der Waals surface area contributed by atoms with E-state index in [1.165, 1.54) is 4.68 Å². The van der Waals surface area contributed by atoms with Gasteiger partial charge in [0, 0.05) is 6.21 Å². The zero-order valence-electron chi connectivity index (χ0n) is 11.6. The van der Waals surface area contributed by atoms with Crippen molar-refractivity contribution in [2.75, 3.05) is 0 Å². The molecule has 0 saturated carbocycles. The van der Waals surface area contributed by atoms with Crippen LogP contribution in [0, 0.1) is 12.8 Å². The molecule has 0 aliphatic rings. The standard InChI is InChI=1S/C15H19N3O/c1-4-12(5-2)10-16-18-11(3)17-14-9-7-6-8-13(14)15(18)19/h6-10,12H,4-5H2,1-3H3. The Labute approximate surface area is 112 Å². The fourth-order valence-corrected chi connectivity index (χ4v) is 2.03. The third kappa shape index (κ3) is 2.72. The van der Waals surface area contributed by atoms with Gasteiger partial charge in [0.2, 0.25) is 0 Å². The summed E-state index contributed by atoms with van der Waals surface area (Å²) in [5.41, 5.74) is 0.615. The molecule has 0 unspecified atom stereocenters. The largest absolute Gasteiger partial charge is 0.282 e. The number of aryl methyl sites for hydroxylation is 1. The van der Waals surface area contributed by atoms with Gasteiger partial charge >= 0.3 is 0 Å². The van der Waals surface area contributed by atoms with Crippen molar-refractivity contribution in [1.82, 2.24) is 9.66 Å². The van der Waals surface area contributed by atoms with E-state index in [-0.39, 0.29) is 5.56 Å². The number of hydrogen-bond acceptors (Lipinski definition) is 3. The Bertz CT molecular complexity index is 654. The van der Waals surface area contributed by atoms with Crippen LogP contribution in [0.5, 0.6) is 0 Å². The Hall–Kier alpha value is -1.97. The van der Waals surface area contributed by atoms with Gasteiger partial charge in [-0.05, 0) is 37.8 Å². The van der Waals surface area contributed by atoms with Crippen LogP contribution in [0.25, 0.3) is 10.9 Å². The molecule has 4 heteroatoms. The second kappa shape index (κ2) is 5.78. The second-order valence-corrected chi connectivity index (χ2v) is 4.63.